The molecule has 0 saturated carbocycles. The Hall–Kier alpha value is -1.26. The van der Waals surface area contributed by atoms with E-state index in [0.29, 0.717) is 10.6 Å². The summed E-state index contributed by atoms with van der Waals surface area (Å²) in [6, 6.07) is 17.4. The molecule has 4 heteroatoms. The number of aryl methyl sites for hydroxylation is 2. The van der Waals surface area contributed by atoms with Crippen LogP contribution in [-0.4, -0.2) is 14.2 Å². The van der Waals surface area contributed by atoms with Gasteiger partial charge in [0.2, 0.25) is 8.87 Å². The van der Waals surface area contributed by atoms with E-state index < -0.39 is 8.87 Å². The van der Waals surface area contributed by atoms with Crippen LogP contribution in [0.2, 0.25) is 0 Å². The zero-order chi connectivity index (χ0) is 15.1. The van der Waals surface area contributed by atoms with Gasteiger partial charge in [0.15, 0.2) is 0 Å². The van der Waals surface area contributed by atoms with Crippen molar-refractivity contribution < 1.29 is 8.42 Å². The molecule has 0 aliphatic carbocycles. The van der Waals surface area contributed by atoms with Gasteiger partial charge >= 0.3 is 0 Å². The summed E-state index contributed by atoms with van der Waals surface area (Å²) in [5.41, 5.74) is 2.12. The molecule has 2 aromatic rings. The third-order valence-electron chi connectivity index (χ3n) is 3.30. The lowest BCUT2D eigenvalue weighted by molar-refractivity contribution is 0.610. The average molecular weight is 320 g/mol. The second-order valence-electron chi connectivity index (χ2n) is 4.98. The minimum absolute atomic E-state index is 0.443. The van der Waals surface area contributed by atoms with E-state index >= 15 is 0 Å². The van der Waals surface area contributed by atoms with Crippen molar-refractivity contribution in [3.63, 3.8) is 0 Å². The van der Waals surface area contributed by atoms with E-state index in [1.165, 1.54) is 5.56 Å². The molecule has 21 heavy (non-hydrogen) atoms. The van der Waals surface area contributed by atoms with Gasteiger partial charge in [-0.15, -0.1) is 0 Å². The van der Waals surface area contributed by atoms with Crippen molar-refractivity contribution in [3.05, 3.63) is 65.7 Å². The molecule has 112 valence electrons. The summed E-state index contributed by atoms with van der Waals surface area (Å²) in [4.78, 5) is 0.443. The molecular weight excluding hydrogens is 300 g/mol. The maximum atomic E-state index is 12.2. The van der Waals surface area contributed by atoms with Gasteiger partial charge in [0, 0.05) is 5.75 Å². The Balaban J connectivity index is 1.79. The second kappa shape index (κ2) is 7.66. The molecular formula is C17H20O2S2. The Bertz CT molecular complexity index is 664. The van der Waals surface area contributed by atoms with Crippen LogP contribution < -0.4 is 0 Å². The van der Waals surface area contributed by atoms with Crippen molar-refractivity contribution >= 4 is 19.7 Å². The fraction of sp³-hybridized carbons (Fsp3) is 0.294. The zero-order valence-electron chi connectivity index (χ0n) is 12.2. The number of benzene rings is 2. The molecule has 0 amide bonds. The fourth-order valence-corrected chi connectivity index (χ4v) is 5.47. The maximum absolute atomic E-state index is 12.2. The minimum atomic E-state index is -3.22. The first kappa shape index (κ1) is 16.1. The van der Waals surface area contributed by atoms with E-state index in [1.54, 1.807) is 12.1 Å². The van der Waals surface area contributed by atoms with Gasteiger partial charge in [0.25, 0.3) is 0 Å². The monoisotopic (exact) mass is 320 g/mol. The van der Waals surface area contributed by atoms with Crippen LogP contribution in [0.4, 0.5) is 0 Å². The van der Waals surface area contributed by atoms with Crippen LogP contribution in [0.3, 0.4) is 0 Å². The van der Waals surface area contributed by atoms with E-state index in [4.69, 9.17) is 0 Å². The SMILES string of the molecule is Cc1ccccc1S(=O)(=O)SCCCCc1ccccc1. The maximum Gasteiger partial charge on any atom is 0.230 e. The number of unbranched alkanes of at least 4 members (excludes halogenated alkanes) is 1. The van der Waals surface area contributed by atoms with E-state index in [1.807, 2.05) is 37.3 Å². The molecule has 0 aliphatic heterocycles. The molecule has 0 radical (unpaired) electrons. The number of hydrogen-bond donors (Lipinski definition) is 0. The normalized spacial score (nSPS) is 11.5. The summed E-state index contributed by atoms with van der Waals surface area (Å²) in [6.07, 6.45) is 2.93. The summed E-state index contributed by atoms with van der Waals surface area (Å²) in [5, 5.41) is 0. The molecule has 0 aromatic heterocycles. The highest BCUT2D eigenvalue weighted by Crippen LogP contribution is 2.26. The highest BCUT2D eigenvalue weighted by atomic mass is 33.1. The van der Waals surface area contributed by atoms with Crippen LogP contribution in [0.25, 0.3) is 0 Å². The Labute approximate surface area is 130 Å². The van der Waals surface area contributed by atoms with Crippen molar-refractivity contribution in [3.8, 4) is 0 Å². The lowest BCUT2D eigenvalue weighted by atomic mass is 10.1. The van der Waals surface area contributed by atoms with Gasteiger partial charge in [0.1, 0.15) is 0 Å². The van der Waals surface area contributed by atoms with E-state index in [-0.39, 0.29) is 0 Å². The molecule has 0 fully saturated rings. The largest absolute Gasteiger partial charge is 0.230 e. The molecule has 0 unspecified atom stereocenters. The van der Waals surface area contributed by atoms with Gasteiger partial charge in [0.05, 0.1) is 4.90 Å². The Kier molecular flexibility index (Phi) is 5.88. The molecule has 0 spiro atoms. The van der Waals surface area contributed by atoms with Gasteiger partial charge < -0.3 is 0 Å². The standard InChI is InChI=1S/C17H20O2S2/c1-15-9-5-6-13-17(15)21(18,19)20-14-8-7-12-16-10-3-2-4-11-16/h2-6,9-11,13H,7-8,12,14H2,1H3. The van der Waals surface area contributed by atoms with E-state index in [2.05, 4.69) is 12.1 Å². The zero-order valence-corrected chi connectivity index (χ0v) is 13.8. The van der Waals surface area contributed by atoms with Gasteiger partial charge in [-0.25, -0.2) is 8.42 Å². The van der Waals surface area contributed by atoms with Crippen LogP contribution in [0.5, 0.6) is 0 Å². The van der Waals surface area contributed by atoms with Crippen LogP contribution in [0.1, 0.15) is 24.0 Å². The fourth-order valence-electron chi connectivity index (χ4n) is 2.14. The lowest BCUT2D eigenvalue weighted by Crippen LogP contribution is -1.99. The third-order valence-corrected chi connectivity index (χ3v) is 7.04. The number of rotatable bonds is 7. The van der Waals surface area contributed by atoms with E-state index in [0.717, 1.165) is 35.6 Å². The molecule has 0 atom stereocenters. The van der Waals surface area contributed by atoms with Gasteiger partial charge in [-0.3, -0.25) is 0 Å². The van der Waals surface area contributed by atoms with Crippen molar-refractivity contribution in [1.82, 2.24) is 0 Å². The van der Waals surface area contributed by atoms with Crippen molar-refractivity contribution in [2.75, 3.05) is 5.75 Å². The Morgan fingerprint density at radius 3 is 2.29 bits per heavy atom. The topological polar surface area (TPSA) is 34.1 Å². The first-order valence-corrected chi connectivity index (χ1v) is 10.1. The molecule has 0 N–H and O–H groups in total. The highest BCUT2D eigenvalue weighted by Gasteiger charge is 2.16. The predicted molar refractivity (Wildman–Crippen MR) is 90.2 cm³/mol. The van der Waals surface area contributed by atoms with Gasteiger partial charge in [-0.05, 0) is 54.2 Å². The van der Waals surface area contributed by atoms with Crippen LogP contribution in [-0.2, 0) is 15.3 Å². The van der Waals surface area contributed by atoms with Crippen molar-refractivity contribution in [2.24, 2.45) is 0 Å². The van der Waals surface area contributed by atoms with Crippen LogP contribution in [0.15, 0.2) is 59.5 Å². The molecule has 2 nitrogen and oxygen atoms in total. The van der Waals surface area contributed by atoms with Gasteiger partial charge in [-0.2, -0.15) is 0 Å². The smallest absolute Gasteiger partial charge is 0.212 e. The lowest BCUT2D eigenvalue weighted by Gasteiger charge is -2.06. The molecule has 2 rings (SSSR count). The molecule has 0 heterocycles. The molecule has 0 aliphatic rings. The Morgan fingerprint density at radius 2 is 1.57 bits per heavy atom. The summed E-state index contributed by atoms with van der Waals surface area (Å²) >= 11 is 0. The molecule has 0 bridgehead atoms. The molecule has 2 aromatic carbocycles. The van der Waals surface area contributed by atoms with Gasteiger partial charge in [-0.1, -0.05) is 48.5 Å². The summed E-state index contributed by atoms with van der Waals surface area (Å²) in [6.45, 7) is 1.84. The Morgan fingerprint density at radius 1 is 0.905 bits per heavy atom. The van der Waals surface area contributed by atoms with Crippen molar-refractivity contribution in [1.29, 1.82) is 0 Å². The third kappa shape index (κ3) is 4.90. The first-order valence-electron chi connectivity index (χ1n) is 7.08. The van der Waals surface area contributed by atoms with Crippen LogP contribution >= 0.6 is 10.8 Å². The minimum Gasteiger partial charge on any atom is -0.212 e. The predicted octanol–water partition coefficient (Wildman–Crippen LogP) is 4.44. The number of hydrogen-bond acceptors (Lipinski definition) is 3. The highest BCUT2D eigenvalue weighted by molar-refractivity contribution is 8.72. The average Bonchev–Trinajstić information content (AvgIpc) is 2.48. The summed E-state index contributed by atoms with van der Waals surface area (Å²) in [7, 11) is -2.17. The quantitative estimate of drug-likeness (QED) is 0.559. The first-order chi connectivity index (χ1) is 10.1. The van der Waals surface area contributed by atoms with Crippen molar-refractivity contribution in [2.45, 2.75) is 31.1 Å². The van der Waals surface area contributed by atoms with E-state index in [9.17, 15) is 8.42 Å². The summed E-state index contributed by atoms with van der Waals surface area (Å²) < 4.78 is 24.5. The summed E-state index contributed by atoms with van der Waals surface area (Å²) in [5.74, 6) is 0.642. The van der Waals surface area contributed by atoms with Crippen LogP contribution in [0, 0.1) is 6.92 Å². The molecule has 0 saturated heterocycles. The second-order valence-corrected chi connectivity index (χ2v) is 9.00.